The summed E-state index contributed by atoms with van der Waals surface area (Å²) < 4.78 is 5.46. The standard InChI is InChI=1S/C20H24N2O3/c1-15(23)22(14-16-6-3-2-4-7-16)12-10-20(24)21-18-8-5-9-19-17(18)11-13-25-19/h2-4,6-7,11,13,18H,5,8-10,12,14H2,1H3,(H,21,24)/t18-/m1/s1. The molecule has 1 aliphatic carbocycles. The molecule has 0 radical (unpaired) electrons. The number of aryl methyl sites for hydroxylation is 1. The molecule has 0 unspecified atom stereocenters. The Morgan fingerprint density at radius 3 is 2.80 bits per heavy atom. The molecule has 1 N–H and O–H groups in total. The fourth-order valence-electron chi connectivity index (χ4n) is 3.29. The van der Waals surface area contributed by atoms with Gasteiger partial charge < -0.3 is 14.6 Å². The molecular formula is C20H24N2O3. The highest BCUT2D eigenvalue weighted by atomic mass is 16.3. The predicted molar refractivity (Wildman–Crippen MR) is 94.7 cm³/mol. The molecule has 1 aliphatic rings. The first-order valence-electron chi connectivity index (χ1n) is 8.78. The number of carbonyl (C=O) groups is 2. The van der Waals surface area contributed by atoms with Crippen LogP contribution in [0.4, 0.5) is 0 Å². The van der Waals surface area contributed by atoms with Crippen molar-refractivity contribution < 1.29 is 14.0 Å². The van der Waals surface area contributed by atoms with Gasteiger partial charge in [-0.05, 0) is 24.5 Å². The minimum Gasteiger partial charge on any atom is -0.469 e. The fourth-order valence-corrected chi connectivity index (χ4v) is 3.29. The molecule has 0 spiro atoms. The molecule has 25 heavy (non-hydrogen) atoms. The van der Waals surface area contributed by atoms with Crippen molar-refractivity contribution in [1.82, 2.24) is 10.2 Å². The number of amides is 2. The lowest BCUT2D eigenvalue weighted by Gasteiger charge is -2.24. The maximum atomic E-state index is 12.3. The maximum Gasteiger partial charge on any atom is 0.222 e. The topological polar surface area (TPSA) is 62.6 Å². The Morgan fingerprint density at radius 1 is 1.24 bits per heavy atom. The molecule has 0 fully saturated rings. The molecule has 3 rings (SSSR count). The van der Waals surface area contributed by atoms with E-state index in [1.54, 1.807) is 18.1 Å². The number of nitrogens with zero attached hydrogens (tertiary/aromatic N) is 1. The van der Waals surface area contributed by atoms with E-state index in [1.807, 2.05) is 36.4 Å². The van der Waals surface area contributed by atoms with Crippen molar-refractivity contribution in [1.29, 1.82) is 0 Å². The third kappa shape index (κ3) is 4.50. The minimum atomic E-state index is -0.0293. The summed E-state index contributed by atoms with van der Waals surface area (Å²) in [5.74, 6) is 0.927. The van der Waals surface area contributed by atoms with Crippen molar-refractivity contribution in [2.45, 2.75) is 45.2 Å². The van der Waals surface area contributed by atoms with Gasteiger partial charge in [0.15, 0.2) is 0 Å². The molecule has 0 saturated heterocycles. The summed E-state index contributed by atoms with van der Waals surface area (Å²) in [5, 5.41) is 3.08. The van der Waals surface area contributed by atoms with E-state index in [9.17, 15) is 9.59 Å². The number of nitrogens with one attached hydrogen (secondary N) is 1. The number of furan rings is 1. The Kier molecular flexibility index (Phi) is 5.53. The summed E-state index contributed by atoms with van der Waals surface area (Å²) in [7, 11) is 0. The third-order valence-electron chi connectivity index (χ3n) is 4.66. The van der Waals surface area contributed by atoms with Crippen LogP contribution in [0.3, 0.4) is 0 Å². The van der Waals surface area contributed by atoms with E-state index >= 15 is 0 Å². The Labute approximate surface area is 148 Å². The van der Waals surface area contributed by atoms with Crippen molar-refractivity contribution in [3.05, 3.63) is 59.5 Å². The van der Waals surface area contributed by atoms with Gasteiger partial charge in [0.1, 0.15) is 5.76 Å². The Hall–Kier alpha value is -2.56. The number of benzene rings is 1. The number of rotatable bonds is 6. The first-order valence-corrected chi connectivity index (χ1v) is 8.78. The van der Waals surface area contributed by atoms with Crippen molar-refractivity contribution in [2.75, 3.05) is 6.54 Å². The third-order valence-corrected chi connectivity index (χ3v) is 4.66. The molecule has 0 saturated carbocycles. The van der Waals surface area contributed by atoms with Gasteiger partial charge in [0.05, 0.1) is 12.3 Å². The Morgan fingerprint density at radius 2 is 2.04 bits per heavy atom. The van der Waals surface area contributed by atoms with Crippen LogP contribution in [-0.2, 0) is 22.6 Å². The predicted octanol–water partition coefficient (Wildman–Crippen LogP) is 3.21. The minimum absolute atomic E-state index is 0.0218. The summed E-state index contributed by atoms with van der Waals surface area (Å²) in [5.41, 5.74) is 2.15. The largest absolute Gasteiger partial charge is 0.469 e. The number of carbonyl (C=O) groups excluding carboxylic acids is 2. The normalized spacial score (nSPS) is 16.1. The van der Waals surface area contributed by atoms with Crippen LogP contribution in [0.2, 0.25) is 0 Å². The molecule has 0 bridgehead atoms. The lowest BCUT2D eigenvalue weighted by Crippen LogP contribution is -2.35. The van der Waals surface area contributed by atoms with Crippen molar-refractivity contribution >= 4 is 11.8 Å². The van der Waals surface area contributed by atoms with Crippen LogP contribution in [-0.4, -0.2) is 23.3 Å². The van der Waals surface area contributed by atoms with Crippen LogP contribution in [0.5, 0.6) is 0 Å². The van der Waals surface area contributed by atoms with Gasteiger partial charge in [0.2, 0.25) is 11.8 Å². The zero-order valence-electron chi connectivity index (χ0n) is 14.5. The van der Waals surface area contributed by atoms with E-state index in [0.29, 0.717) is 19.5 Å². The van der Waals surface area contributed by atoms with Gasteiger partial charge in [0.25, 0.3) is 0 Å². The average Bonchev–Trinajstić information content (AvgIpc) is 3.09. The van der Waals surface area contributed by atoms with E-state index in [1.165, 1.54) is 0 Å². The van der Waals surface area contributed by atoms with Gasteiger partial charge in [-0.3, -0.25) is 9.59 Å². The summed E-state index contributed by atoms with van der Waals surface area (Å²) >= 11 is 0. The highest BCUT2D eigenvalue weighted by Gasteiger charge is 2.24. The quantitative estimate of drug-likeness (QED) is 0.878. The van der Waals surface area contributed by atoms with Crippen LogP contribution in [0, 0.1) is 0 Å². The van der Waals surface area contributed by atoms with Crippen LogP contribution < -0.4 is 5.32 Å². The van der Waals surface area contributed by atoms with Crippen molar-refractivity contribution in [3.63, 3.8) is 0 Å². The molecule has 132 valence electrons. The number of hydrogen-bond acceptors (Lipinski definition) is 3. The van der Waals surface area contributed by atoms with Crippen LogP contribution in [0.15, 0.2) is 47.1 Å². The highest BCUT2D eigenvalue weighted by molar-refractivity contribution is 5.78. The maximum absolute atomic E-state index is 12.3. The molecule has 5 nitrogen and oxygen atoms in total. The van der Waals surface area contributed by atoms with Crippen LogP contribution in [0.25, 0.3) is 0 Å². The SMILES string of the molecule is CC(=O)N(CCC(=O)N[C@@H]1CCCc2occc21)Cc1ccccc1. The molecule has 2 aromatic rings. The molecule has 1 atom stereocenters. The zero-order chi connectivity index (χ0) is 17.6. The first kappa shape index (κ1) is 17.3. The van der Waals surface area contributed by atoms with Crippen LogP contribution in [0.1, 0.15) is 49.1 Å². The second kappa shape index (κ2) is 8.01. The molecule has 1 heterocycles. The average molecular weight is 340 g/mol. The summed E-state index contributed by atoms with van der Waals surface area (Å²) in [6.45, 7) is 2.49. The van der Waals surface area contributed by atoms with E-state index in [0.717, 1.165) is 36.1 Å². The van der Waals surface area contributed by atoms with Gasteiger partial charge in [-0.25, -0.2) is 0 Å². The second-order valence-electron chi connectivity index (χ2n) is 6.49. The van der Waals surface area contributed by atoms with E-state index in [4.69, 9.17) is 4.42 Å². The summed E-state index contributed by atoms with van der Waals surface area (Å²) in [4.78, 5) is 25.9. The fraction of sp³-hybridized carbons (Fsp3) is 0.400. The molecule has 1 aromatic heterocycles. The summed E-state index contributed by atoms with van der Waals surface area (Å²) in [6.07, 6.45) is 4.87. The van der Waals surface area contributed by atoms with Gasteiger partial charge in [-0.1, -0.05) is 30.3 Å². The number of fused-ring (bicyclic) bond motifs is 1. The van der Waals surface area contributed by atoms with Crippen molar-refractivity contribution in [2.24, 2.45) is 0 Å². The Bertz CT molecular complexity index is 724. The van der Waals surface area contributed by atoms with Gasteiger partial charge in [0, 0.05) is 38.4 Å². The van der Waals surface area contributed by atoms with Gasteiger partial charge in [-0.2, -0.15) is 0 Å². The van der Waals surface area contributed by atoms with E-state index in [2.05, 4.69) is 5.32 Å². The van der Waals surface area contributed by atoms with E-state index < -0.39 is 0 Å². The highest BCUT2D eigenvalue weighted by Crippen LogP contribution is 2.30. The lowest BCUT2D eigenvalue weighted by atomic mass is 9.93. The van der Waals surface area contributed by atoms with Gasteiger partial charge >= 0.3 is 0 Å². The van der Waals surface area contributed by atoms with Crippen molar-refractivity contribution in [3.8, 4) is 0 Å². The Balaban J connectivity index is 1.53. The molecule has 2 amide bonds. The first-order chi connectivity index (χ1) is 12.1. The van der Waals surface area contributed by atoms with Crippen LogP contribution >= 0.6 is 0 Å². The monoisotopic (exact) mass is 340 g/mol. The number of hydrogen-bond donors (Lipinski definition) is 1. The molecular weight excluding hydrogens is 316 g/mol. The van der Waals surface area contributed by atoms with Gasteiger partial charge in [-0.15, -0.1) is 0 Å². The second-order valence-corrected chi connectivity index (χ2v) is 6.49. The molecule has 1 aromatic carbocycles. The van der Waals surface area contributed by atoms with E-state index in [-0.39, 0.29) is 17.9 Å². The molecule has 0 aliphatic heterocycles. The zero-order valence-corrected chi connectivity index (χ0v) is 14.5. The smallest absolute Gasteiger partial charge is 0.222 e. The molecule has 5 heteroatoms. The summed E-state index contributed by atoms with van der Waals surface area (Å²) in [6, 6.07) is 11.8. The lowest BCUT2D eigenvalue weighted by molar-refractivity contribution is -0.130.